The second-order valence-corrected chi connectivity index (χ2v) is 7.07. The summed E-state index contributed by atoms with van der Waals surface area (Å²) in [5.74, 6) is 0.776. The molecule has 2 aliphatic rings. The summed E-state index contributed by atoms with van der Waals surface area (Å²) in [5.41, 5.74) is 3.31. The van der Waals surface area contributed by atoms with E-state index in [0.717, 1.165) is 12.5 Å². The molecule has 1 aromatic carbocycles. The Balaban J connectivity index is 1.85. The number of para-hydroxylation sites is 1. The van der Waals surface area contributed by atoms with Crippen LogP contribution in [0.15, 0.2) is 24.3 Å². The Labute approximate surface area is 123 Å². The molecule has 0 atom stereocenters. The topological polar surface area (TPSA) is 15.3 Å². The van der Waals surface area contributed by atoms with Gasteiger partial charge >= 0.3 is 0 Å². The van der Waals surface area contributed by atoms with Crippen molar-refractivity contribution in [2.75, 3.05) is 18.0 Å². The van der Waals surface area contributed by atoms with Gasteiger partial charge in [0.05, 0.1) is 0 Å². The van der Waals surface area contributed by atoms with Crippen LogP contribution in [-0.4, -0.2) is 18.6 Å². The van der Waals surface area contributed by atoms with Crippen molar-refractivity contribution in [1.82, 2.24) is 5.32 Å². The molecule has 0 radical (unpaired) electrons. The van der Waals surface area contributed by atoms with Gasteiger partial charge in [-0.15, -0.1) is 0 Å². The number of benzene rings is 1. The zero-order chi connectivity index (χ0) is 14.0. The molecule has 2 nitrogen and oxygen atoms in total. The van der Waals surface area contributed by atoms with Gasteiger partial charge in [0.1, 0.15) is 0 Å². The van der Waals surface area contributed by atoms with Crippen LogP contribution in [0, 0.1) is 5.92 Å². The summed E-state index contributed by atoms with van der Waals surface area (Å²) in [4.78, 5) is 2.65. The summed E-state index contributed by atoms with van der Waals surface area (Å²) in [6, 6.07) is 8.96. The molecule has 110 valence electrons. The van der Waals surface area contributed by atoms with E-state index >= 15 is 0 Å². The Bertz CT molecular complexity index is 446. The summed E-state index contributed by atoms with van der Waals surface area (Å²) in [5, 5.41) is 3.89. The molecule has 20 heavy (non-hydrogen) atoms. The van der Waals surface area contributed by atoms with Crippen molar-refractivity contribution < 1.29 is 0 Å². The zero-order valence-corrected chi connectivity index (χ0v) is 13.0. The van der Waals surface area contributed by atoms with E-state index in [1.165, 1.54) is 56.4 Å². The molecule has 0 bridgehead atoms. The van der Waals surface area contributed by atoms with Crippen molar-refractivity contribution >= 4 is 5.69 Å². The summed E-state index contributed by atoms with van der Waals surface area (Å²) < 4.78 is 0. The molecule has 1 fully saturated rings. The Morgan fingerprint density at radius 3 is 2.70 bits per heavy atom. The van der Waals surface area contributed by atoms with Crippen LogP contribution >= 0.6 is 0 Å². The number of anilines is 1. The molecule has 1 aromatic rings. The lowest BCUT2D eigenvalue weighted by Gasteiger charge is -2.35. The maximum atomic E-state index is 3.89. The van der Waals surface area contributed by atoms with Gasteiger partial charge in [0.15, 0.2) is 0 Å². The average Bonchev–Trinajstić information content (AvgIpc) is 2.83. The number of hydrogen-bond acceptors (Lipinski definition) is 2. The van der Waals surface area contributed by atoms with Gasteiger partial charge in [0.2, 0.25) is 0 Å². The summed E-state index contributed by atoms with van der Waals surface area (Å²) in [6.07, 6.45) is 6.76. The molecule has 1 spiro atoms. The second kappa shape index (κ2) is 5.77. The van der Waals surface area contributed by atoms with E-state index in [-0.39, 0.29) is 0 Å². The van der Waals surface area contributed by atoms with Gasteiger partial charge in [0.25, 0.3) is 0 Å². The first-order chi connectivity index (χ1) is 9.69. The molecule has 2 heteroatoms. The van der Waals surface area contributed by atoms with E-state index in [4.69, 9.17) is 0 Å². The Morgan fingerprint density at radius 1 is 1.20 bits per heavy atom. The van der Waals surface area contributed by atoms with Gasteiger partial charge in [-0.05, 0) is 36.8 Å². The van der Waals surface area contributed by atoms with E-state index in [1.807, 2.05) is 0 Å². The summed E-state index contributed by atoms with van der Waals surface area (Å²) in [6.45, 7) is 8.07. The highest BCUT2D eigenvalue weighted by Crippen LogP contribution is 2.35. The Hall–Kier alpha value is -1.02. The van der Waals surface area contributed by atoms with Crippen LogP contribution in [0.2, 0.25) is 0 Å². The number of hydrogen-bond donors (Lipinski definition) is 1. The largest absolute Gasteiger partial charge is 0.369 e. The number of rotatable bonds is 3. The van der Waals surface area contributed by atoms with Crippen molar-refractivity contribution in [3.05, 3.63) is 29.8 Å². The SMILES string of the molecule is CC(C)CCN1CC2(CCCC2)NCc2ccccc21. The smallest absolute Gasteiger partial charge is 0.0412 e. The third kappa shape index (κ3) is 2.85. The lowest BCUT2D eigenvalue weighted by atomic mass is 9.96. The molecule has 0 amide bonds. The lowest BCUT2D eigenvalue weighted by molar-refractivity contribution is 0.336. The molecule has 1 aliphatic heterocycles. The predicted molar refractivity (Wildman–Crippen MR) is 86.1 cm³/mol. The molecule has 1 aliphatic carbocycles. The Kier molecular flexibility index (Phi) is 4.02. The van der Waals surface area contributed by atoms with Crippen molar-refractivity contribution in [2.24, 2.45) is 5.92 Å². The molecular weight excluding hydrogens is 244 g/mol. The summed E-state index contributed by atoms with van der Waals surface area (Å²) in [7, 11) is 0. The first-order valence-corrected chi connectivity index (χ1v) is 8.26. The molecule has 1 N–H and O–H groups in total. The van der Waals surface area contributed by atoms with Crippen molar-refractivity contribution in [1.29, 1.82) is 0 Å². The van der Waals surface area contributed by atoms with Crippen LogP contribution in [-0.2, 0) is 6.54 Å². The highest BCUT2D eigenvalue weighted by molar-refractivity contribution is 5.55. The minimum atomic E-state index is 0.371. The quantitative estimate of drug-likeness (QED) is 0.896. The Morgan fingerprint density at radius 2 is 1.95 bits per heavy atom. The van der Waals surface area contributed by atoms with Crippen LogP contribution in [0.3, 0.4) is 0 Å². The minimum absolute atomic E-state index is 0.371. The van der Waals surface area contributed by atoms with Crippen LogP contribution in [0.25, 0.3) is 0 Å². The van der Waals surface area contributed by atoms with E-state index < -0.39 is 0 Å². The molecule has 3 rings (SSSR count). The van der Waals surface area contributed by atoms with Gasteiger partial charge in [-0.25, -0.2) is 0 Å². The standard InChI is InChI=1S/C18H28N2/c1-15(2)9-12-20-14-18(10-5-6-11-18)19-13-16-7-3-4-8-17(16)20/h3-4,7-8,15,19H,5-6,9-14H2,1-2H3. The monoisotopic (exact) mass is 272 g/mol. The fourth-order valence-corrected chi connectivity index (χ4v) is 3.76. The molecule has 0 saturated heterocycles. The van der Waals surface area contributed by atoms with Crippen molar-refractivity contribution in [3.8, 4) is 0 Å². The second-order valence-electron chi connectivity index (χ2n) is 7.07. The highest BCUT2D eigenvalue weighted by atomic mass is 15.2. The fourth-order valence-electron chi connectivity index (χ4n) is 3.76. The van der Waals surface area contributed by atoms with Gasteiger partial charge in [-0.3, -0.25) is 0 Å². The van der Waals surface area contributed by atoms with Crippen LogP contribution in [0.1, 0.15) is 51.5 Å². The molecule has 0 aromatic heterocycles. The molecular formula is C18H28N2. The third-order valence-corrected chi connectivity index (χ3v) is 5.02. The molecule has 1 heterocycles. The number of nitrogens with one attached hydrogen (secondary N) is 1. The first kappa shape index (κ1) is 13.9. The zero-order valence-electron chi connectivity index (χ0n) is 13.0. The maximum Gasteiger partial charge on any atom is 0.0412 e. The number of nitrogens with zero attached hydrogens (tertiary/aromatic N) is 1. The van der Waals surface area contributed by atoms with Crippen LogP contribution in [0.5, 0.6) is 0 Å². The third-order valence-electron chi connectivity index (χ3n) is 5.02. The van der Waals surface area contributed by atoms with E-state index in [2.05, 4.69) is 48.3 Å². The minimum Gasteiger partial charge on any atom is -0.369 e. The number of fused-ring (bicyclic) bond motifs is 1. The van der Waals surface area contributed by atoms with Crippen molar-refractivity contribution in [3.63, 3.8) is 0 Å². The van der Waals surface area contributed by atoms with Gasteiger partial charge in [-0.1, -0.05) is 44.9 Å². The highest BCUT2D eigenvalue weighted by Gasteiger charge is 2.37. The van der Waals surface area contributed by atoms with Crippen LogP contribution < -0.4 is 10.2 Å². The normalized spacial score (nSPS) is 21.2. The van der Waals surface area contributed by atoms with Gasteiger partial charge < -0.3 is 10.2 Å². The summed E-state index contributed by atoms with van der Waals surface area (Å²) >= 11 is 0. The van der Waals surface area contributed by atoms with E-state index in [0.29, 0.717) is 5.54 Å². The average molecular weight is 272 g/mol. The predicted octanol–water partition coefficient (Wildman–Crippen LogP) is 3.96. The first-order valence-electron chi connectivity index (χ1n) is 8.26. The molecule has 1 saturated carbocycles. The van der Waals surface area contributed by atoms with Gasteiger partial charge in [-0.2, -0.15) is 0 Å². The molecule has 0 unspecified atom stereocenters. The lowest BCUT2D eigenvalue weighted by Crippen LogP contribution is -2.49. The fraction of sp³-hybridized carbons (Fsp3) is 0.667. The van der Waals surface area contributed by atoms with Crippen molar-refractivity contribution in [2.45, 2.75) is 58.0 Å². The van der Waals surface area contributed by atoms with Gasteiger partial charge in [0, 0.05) is 30.9 Å². The van der Waals surface area contributed by atoms with E-state index in [1.54, 1.807) is 0 Å². The maximum absolute atomic E-state index is 3.89. The van der Waals surface area contributed by atoms with E-state index in [9.17, 15) is 0 Å². The van der Waals surface area contributed by atoms with Crippen LogP contribution in [0.4, 0.5) is 5.69 Å².